The fraction of sp³-hybridized carbons (Fsp3) is 0.652. The van der Waals surface area contributed by atoms with Crippen molar-refractivity contribution in [2.24, 2.45) is 10.9 Å². The lowest BCUT2D eigenvalue weighted by Gasteiger charge is -2.26. The zero-order valence-electron chi connectivity index (χ0n) is 17.9. The van der Waals surface area contributed by atoms with Crippen LogP contribution < -0.4 is 10.6 Å². The molecule has 0 aromatic heterocycles. The largest absolute Gasteiger partial charge is 0.375 e. The number of ether oxygens (including phenoxy) is 1. The molecule has 2 N–H and O–H groups in total. The van der Waals surface area contributed by atoms with Crippen LogP contribution in [-0.2, 0) is 9.53 Å². The highest BCUT2D eigenvalue weighted by Crippen LogP contribution is 2.26. The summed E-state index contributed by atoms with van der Waals surface area (Å²) in [5, 5.41) is 6.85. The lowest BCUT2D eigenvalue weighted by Crippen LogP contribution is -2.45. The Bertz CT molecular complexity index is 658. The third-order valence-corrected chi connectivity index (χ3v) is 6.01. The Balaban J connectivity index is 1.54. The van der Waals surface area contributed by atoms with E-state index >= 15 is 0 Å². The molecule has 1 aromatic carbocycles. The van der Waals surface area contributed by atoms with Crippen molar-refractivity contribution >= 4 is 11.9 Å². The lowest BCUT2D eigenvalue weighted by molar-refractivity contribution is -0.135. The molecule has 3 rings (SSSR count). The van der Waals surface area contributed by atoms with Gasteiger partial charge in [-0.1, -0.05) is 49.6 Å². The predicted molar refractivity (Wildman–Crippen MR) is 117 cm³/mol. The number of amides is 1. The molecule has 1 saturated heterocycles. The van der Waals surface area contributed by atoms with Crippen molar-refractivity contribution in [1.82, 2.24) is 15.5 Å². The number of hydrogen-bond donors (Lipinski definition) is 2. The highest BCUT2D eigenvalue weighted by molar-refractivity contribution is 5.81. The molecule has 2 aliphatic rings. The number of benzene rings is 1. The average molecular weight is 401 g/mol. The Hall–Kier alpha value is -2.08. The van der Waals surface area contributed by atoms with Crippen molar-refractivity contribution in [1.29, 1.82) is 0 Å². The summed E-state index contributed by atoms with van der Waals surface area (Å²) < 4.78 is 5.64. The molecule has 1 aliphatic carbocycles. The van der Waals surface area contributed by atoms with Gasteiger partial charge in [-0.3, -0.25) is 9.79 Å². The fourth-order valence-corrected chi connectivity index (χ4v) is 4.36. The molecule has 29 heavy (non-hydrogen) atoms. The van der Waals surface area contributed by atoms with E-state index in [0.29, 0.717) is 12.5 Å². The Morgan fingerprint density at radius 1 is 1.21 bits per heavy atom. The van der Waals surface area contributed by atoms with E-state index in [2.05, 4.69) is 34.6 Å². The first kappa shape index (κ1) is 21.6. The molecule has 0 radical (unpaired) electrons. The van der Waals surface area contributed by atoms with Gasteiger partial charge in [-0.05, 0) is 31.7 Å². The quantitative estimate of drug-likeness (QED) is 0.545. The molecule has 2 atom stereocenters. The van der Waals surface area contributed by atoms with E-state index in [0.717, 1.165) is 50.4 Å². The highest BCUT2D eigenvalue weighted by atomic mass is 16.5. The molecule has 1 saturated carbocycles. The molecular formula is C23H36N4O2. The molecular weight excluding hydrogens is 364 g/mol. The van der Waals surface area contributed by atoms with Crippen molar-refractivity contribution in [2.45, 2.75) is 57.6 Å². The smallest absolute Gasteiger partial charge is 0.225 e. The van der Waals surface area contributed by atoms with E-state index in [4.69, 9.17) is 9.73 Å². The molecule has 1 heterocycles. The van der Waals surface area contributed by atoms with E-state index < -0.39 is 0 Å². The number of hydrogen-bond acceptors (Lipinski definition) is 3. The first-order valence-corrected chi connectivity index (χ1v) is 11.1. The van der Waals surface area contributed by atoms with E-state index in [1.165, 1.54) is 19.3 Å². The zero-order valence-corrected chi connectivity index (χ0v) is 17.9. The number of nitrogens with zero attached hydrogens (tertiary/aromatic N) is 2. The normalized spacial score (nSPS) is 21.8. The number of guanidine groups is 1. The Morgan fingerprint density at radius 3 is 2.66 bits per heavy atom. The van der Waals surface area contributed by atoms with Crippen LogP contribution in [0.15, 0.2) is 35.3 Å². The summed E-state index contributed by atoms with van der Waals surface area (Å²) in [6.45, 7) is 5.03. The van der Waals surface area contributed by atoms with E-state index in [-0.39, 0.29) is 18.1 Å². The minimum atomic E-state index is -0.0698. The van der Waals surface area contributed by atoms with Gasteiger partial charge in [0, 0.05) is 38.7 Å². The molecule has 0 spiro atoms. The van der Waals surface area contributed by atoms with Gasteiger partial charge in [0.25, 0.3) is 0 Å². The lowest BCUT2D eigenvalue weighted by atomic mass is 9.88. The van der Waals surface area contributed by atoms with Crippen LogP contribution in [0.4, 0.5) is 0 Å². The van der Waals surface area contributed by atoms with E-state index in [1.807, 2.05) is 18.2 Å². The second kappa shape index (κ2) is 11.2. The fourth-order valence-electron chi connectivity index (χ4n) is 4.36. The number of carbonyl (C=O) groups is 1. The number of likely N-dealkylation sites (tertiary alicyclic amines) is 1. The SMILES string of the molecule is CCNC(=NCC(OC)c1ccccc1)NC1CCN(C(=O)C2CCCCC2)C1. The molecule has 6 nitrogen and oxygen atoms in total. The summed E-state index contributed by atoms with van der Waals surface area (Å²) in [5.41, 5.74) is 1.12. The topological polar surface area (TPSA) is 66.0 Å². The number of carbonyl (C=O) groups excluding carboxylic acids is 1. The Morgan fingerprint density at radius 2 is 1.97 bits per heavy atom. The minimum absolute atomic E-state index is 0.0698. The van der Waals surface area contributed by atoms with Gasteiger partial charge in [-0.2, -0.15) is 0 Å². The third kappa shape index (κ3) is 6.20. The van der Waals surface area contributed by atoms with Crippen LogP contribution in [0.1, 0.15) is 57.1 Å². The predicted octanol–water partition coefficient (Wildman–Crippen LogP) is 3.11. The molecule has 2 fully saturated rings. The highest BCUT2D eigenvalue weighted by Gasteiger charge is 2.31. The van der Waals surface area contributed by atoms with Crippen molar-refractivity contribution < 1.29 is 9.53 Å². The zero-order chi connectivity index (χ0) is 20.5. The van der Waals surface area contributed by atoms with Crippen LogP contribution in [0.3, 0.4) is 0 Å². The summed E-state index contributed by atoms with van der Waals surface area (Å²) in [6.07, 6.45) is 6.71. The van der Waals surface area contributed by atoms with E-state index in [1.54, 1.807) is 7.11 Å². The van der Waals surface area contributed by atoms with Crippen LogP contribution in [-0.4, -0.2) is 56.1 Å². The van der Waals surface area contributed by atoms with Crippen molar-refractivity contribution in [3.05, 3.63) is 35.9 Å². The van der Waals surface area contributed by atoms with Gasteiger partial charge in [0.1, 0.15) is 6.10 Å². The maximum atomic E-state index is 12.8. The second-order valence-corrected chi connectivity index (χ2v) is 8.10. The summed E-state index contributed by atoms with van der Waals surface area (Å²) in [7, 11) is 1.72. The van der Waals surface area contributed by atoms with Gasteiger partial charge in [-0.15, -0.1) is 0 Å². The van der Waals surface area contributed by atoms with Gasteiger partial charge in [0.2, 0.25) is 5.91 Å². The third-order valence-electron chi connectivity index (χ3n) is 6.01. The molecule has 1 aliphatic heterocycles. The van der Waals surface area contributed by atoms with Crippen LogP contribution in [0.25, 0.3) is 0 Å². The maximum Gasteiger partial charge on any atom is 0.225 e. The monoisotopic (exact) mass is 400 g/mol. The summed E-state index contributed by atoms with van der Waals surface area (Å²) in [4.78, 5) is 19.6. The van der Waals surface area contributed by atoms with Gasteiger partial charge in [0.05, 0.1) is 6.54 Å². The summed E-state index contributed by atoms with van der Waals surface area (Å²) in [5.74, 6) is 1.40. The van der Waals surface area contributed by atoms with Gasteiger partial charge in [0.15, 0.2) is 5.96 Å². The van der Waals surface area contributed by atoms with Gasteiger partial charge < -0.3 is 20.3 Å². The first-order chi connectivity index (χ1) is 14.2. The van der Waals surface area contributed by atoms with Gasteiger partial charge >= 0.3 is 0 Å². The standard InChI is InChI=1S/C23H36N4O2/c1-3-24-23(25-16-21(29-2)18-10-6-4-7-11-18)26-20-14-15-27(17-20)22(28)19-12-8-5-9-13-19/h4,6-7,10-11,19-21H,3,5,8-9,12-17H2,1-2H3,(H2,24,25,26). The molecule has 2 unspecified atom stereocenters. The number of rotatable bonds is 7. The minimum Gasteiger partial charge on any atom is -0.375 e. The molecule has 0 bridgehead atoms. The molecule has 6 heteroatoms. The van der Waals surface area contributed by atoms with Crippen molar-refractivity contribution in [2.75, 3.05) is 33.3 Å². The average Bonchev–Trinajstić information content (AvgIpc) is 3.23. The van der Waals surface area contributed by atoms with Gasteiger partial charge in [-0.25, -0.2) is 0 Å². The number of nitrogens with one attached hydrogen (secondary N) is 2. The number of methoxy groups -OCH3 is 1. The molecule has 1 aromatic rings. The van der Waals surface area contributed by atoms with Crippen LogP contribution in [0.2, 0.25) is 0 Å². The molecule has 160 valence electrons. The second-order valence-electron chi connectivity index (χ2n) is 8.10. The van der Waals surface area contributed by atoms with Crippen LogP contribution in [0.5, 0.6) is 0 Å². The molecule has 1 amide bonds. The van der Waals surface area contributed by atoms with Crippen LogP contribution >= 0.6 is 0 Å². The van der Waals surface area contributed by atoms with Crippen molar-refractivity contribution in [3.63, 3.8) is 0 Å². The Kier molecular flexibility index (Phi) is 8.35. The Labute approximate surface area is 175 Å². The summed E-state index contributed by atoms with van der Waals surface area (Å²) in [6, 6.07) is 10.4. The van der Waals surface area contributed by atoms with Crippen molar-refractivity contribution in [3.8, 4) is 0 Å². The summed E-state index contributed by atoms with van der Waals surface area (Å²) >= 11 is 0. The maximum absolute atomic E-state index is 12.8. The first-order valence-electron chi connectivity index (χ1n) is 11.1. The van der Waals surface area contributed by atoms with Crippen LogP contribution in [0, 0.1) is 5.92 Å². The number of aliphatic imine (C=N–C) groups is 1. The van der Waals surface area contributed by atoms with E-state index in [9.17, 15) is 4.79 Å².